The molecule has 0 saturated carbocycles. The lowest BCUT2D eigenvalue weighted by atomic mass is 10.1. The van der Waals surface area contributed by atoms with E-state index in [0.717, 1.165) is 0 Å². The predicted octanol–water partition coefficient (Wildman–Crippen LogP) is 2.43. The fourth-order valence-electron chi connectivity index (χ4n) is 1.84. The second-order valence-corrected chi connectivity index (χ2v) is 6.60. The summed E-state index contributed by atoms with van der Waals surface area (Å²) in [7, 11) is 0. The van der Waals surface area contributed by atoms with Crippen molar-refractivity contribution in [2.45, 2.75) is 52.9 Å². The molecule has 0 bridgehead atoms. The first-order chi connectivity index (χ1) is 10.4. The Kier molecular flexibility index (Phi) is 8.12. The zero-order valence-electron chi connectivity index (χ0n) is 13.7. The molecule has 0 atom stereocenters. The van der Waals surface area contributed by atoms with Crippen LogP contribution in [0.15, 0.2) is 24.3 Å². The van der Waals surface area contributed by atoms with Crippen molar-refractivity contribution in [2.24, 2.45) is 0 Å². The van der Waals surface area contributed by atoms with Crippen molar-refractivity contribution in [1.29, 1.82) is 0 Å². The largest absolute Gasteiger partial charge is 0.361 e. The lowest BCUT2D eigenvalue weighted by Crippen LogP contribution is -2.39. The smallest absolute Gasteiger partial charge is 0.166 e. The quantitative estimate of drug-likeness (QED) is 0.598. The maximum Gasteiger partial charge on any atom is 0.166 e. The Hall–Kier alpha value is -1.40. The van der Waals surface area contributed by atoms with E-state index in [4.69, 9.17) is 24.4 Å². The summed E-state index contributed by atoms with van der Waals surface area (Å²) in [6.07, 6.45) is 0. The van der Waals surface area contributed by atoms with Gasteiger partial charge in [-0.1, -0.05) is 24.3 Å². The fraction of sp³-hybridized carbons (Fsp3) is 0.500. The van der Waals surface area contributed by atoms with Crippen LogP contribution in [-0.4, -0.2) is 22.3 Å². The molecule has 1 aromatic rings. The van der Waals surface area contributed by atoms with Gasteiger partial charge in [0.25, 0.3) is 0 Å². The minimum atomic E-state index is 0.338. The molecule has 0 heterocycles. The van der Waals surface area contributed by atoms with E-state index in [2.05, 4.69) is 67.2 Å². The van der Waals surface area contributed by atoms with Crippen LogP contribution in [0.1, 0.15) is 38.8 Å². The SMILES string of the molecule is CC(C)NC(=S)NCc1cccc(CNC(=S)NC(C)C)c1. The van der Waals surface area contributed by atoms with E-state index in [-0.39, 0.29) is 0 Å². The minimum absolute atomic E-state index is 0.338. The maximum atomic E-state index is 5.23. The van der Waals surface area contributed by atoms with Crippen molar-refractivity contribution in [2.75, 3.05) is 0 Å². The lowest BCUT2D eigenvalue weighted by molar-refractivity contribution is 0.710. The van der Waals surface area contributed by atoms with Gasteiger partial charge in [-0.15, -0.1) is 0 Å². The molecule has 22 heavy (non-hydrogen) atoms. The van der Waals surface area contributed by atoms with Gasteiger partial charge in [0, 0.05) is 25.2 Å². The normalized spacial score (nSPS) is 10.5. The molecule has 1 aromatic carbocycles. The van der Waals surface area contributed by atoms with E-state index in [9.17, 15) is 0 Å². The Morgan fingerprint density at radius 2 is 1.27 bits per heavy atom. The molecule has 0 aliphatic heterocycles. The molecule has 4 nitrogen and oxygen atoms in total. The first kappa shape index (κ1) is 18.6. The first-order valence-electron chi connectivity index (χ1n) is 7.53. The third kappa shape index (κ3) is 8.14. The van der Waals surface area contributed by atoms with Crippen LogP contribution in [0.25, 0.3) is 0 Å². The van der Waals surface area contributed by atoms with Crippen molar-refractivity contribution in [1.82, 2.24) is 21.3 Å². The number of rotatable bonds is 6. The molecule has 0 fully saturated rings. The molecule has 0 unspecified atom stereocenters. The predicted molar refractivity (Wildman–Crippen MR) is 102 cm³/mol. The summed E-state index contributed by atoms with van der Waals surface area (Å²) in [6, 6.07) is 9.04. The van der Waals surface area contributed by atoms with Crippen molar-refractivity contribution in [3.05, 3.63) is 35.4 Å². The van der Waals surface area contributed by atoms with Gasteiger partial charge in [-0.2, -0.15) is 0 Å². The number of benzene rings is 1. The highest BCUT2D eigenvalue weighted by atomic mass is 32.1. The standard InChI is InChI=1S/C16H26N4S2/c1-11(2)19-15(21)17-9-13-6-5-7-14(8-13)10-18-16(22)20-12(3)4/h5-8,11-12H,9-10H2,1-4H3,(H2,17,19,21)(H2,18,20,22). The molecular formula is C16H26N4S2. The zero-order valence-corrected chi connectivity index (χ0v) is 15.3. The van der Waals surface area contributed by atoms with Gasteiger partial charge in [-0.3, -0.25) is 0 Å². The van der Waals surface area contributed by atoms with Crippen LogP contribution in [0.2, 0.25) is 0 Å². The minimum Gasteiger partial charge on any atom is -0.361 e. The Labute approximate surface area is 144 Å². The fourth-order valence-corrected chi connectivity index (χ4v) is 2.46. The van der Waals surface area contributed by atoms with Crippen molar-refractivity contribution in [3.8, 4) is 0 Å². The second kappa shape index (κ2) is 9.58. The number of thiocarbonyl (C=S) groups is 2. The highest BCUT2D eigenvalue weighted by Crippen LogP contribution is 2.05. The van der Waals surface area contributed by atoms with Gasteiger partial charge in [-0.25, -0.2) is 0 Å². The molecule has 122 valence electrons. The summed E-state index contributed by atoms with van der Waals surface area (Å²) < 4.78 is 0. The average Bonchev–Trinajstić information content (AvgIpc) is 2.42. The highest BCUT2D eigenvalue weighted by molar-refractivity contribution is 7.80. The van der Waals surface area contributed by atoms with E-state index < -0.39 is 0 Å². The average molecular weight is 339 g/mol. The summed E-state index contributed by atoms with van der Waals surface area (Å²) in [4.78, 5) is 0. The van der Waals surface area contributed by atoms with Crippen LogP contribution in [0.4, 0.5) is 0 Å². The Morgan fingerprint density at radius 1 is 0.864 bits per heavy atom. The highest BCUT2D eigenvalue weighted by Gasteiger charge is 2.01. The van der Waals surface area contributed by atoms with Crippen LogP contribution in [0.3, 0.4) is 0 Å². The van der Waals surface area contributed by atoms with E-state index in [1.807, 2.05) is 6.07 Å². The molecule has 6 heteroatoms. The van der Waals surface area contributed by atoms with Crippen LogP contribution >= 0.6 is 24.4 Å². The monoisotopic (exact) mass is 338 g/mol. The van der Waals surface area contributed by atoms with Crippen molar-refractivity contribution >= 4 is 34.7 Å². The molecule has 0 spiro atoms. The molecule has 0 radical (unpaired) electrons. The topological polar surface area (TPSA) is 48.1 Å². The van der Waals surface area contributed by atoms with Crippen LogP contribution in [0.5, 0.6) is 0 Å². The molecule has 0 aliphatic carbocycles. The summed E-state index contributed by atoms with van der Waals surface area (Å²) in [6.45, 7) is 9.67. The van der Waals surface area contributed by atoms with Crippen LogP contribution in [-0.2, 0) is 13.1 Å². The summed E-state index contributed by atoms with van der Waals surface area (Å²) in [5.74, 6) is 0. The molecular weight excluding hydrogens is 312 g/mol. The molecule has 0 aliphatic rings. The van der Waals surface area contributed by atoms with Gasteiger partial charge >= 0.3 is 0 Å². The summed E-state index contributed by atoms with van der Waals surface area (Å²) in [5.41, 5.74) is 2.38. The third-order valence-corrected chi connectivity index (χ3v) is 3.26. The zero-order chi connectivity index (χ0) is 16.5. The van der Waals surface area contributed by atoms with Crippen molar-refractivity contribution in [3.63, 3.8) is 0 Å². The first-order valence-corrected chi connectivity index (χ1v) is 8.35. The van der Waals surface area contributed by atoms with Gasteiger partial charge in [-0.05, 0) is 63.3 Å². The number of hydrogen-bond donors (Lipinski definition) is 4. The van der Waals surface area contributed by atoms with Crippen LogP contribution in [0, 0.1) is 0 Å². The third-order valence-electron chi connectivity index (χ3n) is 2.74. The summed E-state index contributed by atoms with van der Waals surface area (Å²) >= 11 is 10.5. The number of nitrogens with one attached hydrogen (secondary N) is 4. The molecule has 0 amide bonds. The van der Waals surface area contributed by atoms with E-state index >= 15 is 0 Å². The Bertz CT molecular complexity index is 459. The number of hydrogen-bond acceptors (Lipinski definition) is 2. The van der Waals surface area contributed by atoms with Gasteiger partial charge < -0.3 is 21.3 Å². The van der Waals surface area contributed by atoms with Crippen LogP contribution < -0.4 is 21.3 Å². The van der Waals surface area contributed by atoms with E-state index in [1.165, 1.54) is 11.1 Å². The van der Waals surface area contributed by atoms with E-state index in [0.29, 0.717) is 35.4 Å². The van der Waals surface area contributed by atoms with Gasteiger partial charge in [0.15, 0.2) is 10.2 Å². The van der Waals surface area contributed by atoms with Gasteiger partial charge in [0.2, 0.25) is 0 Å². The second-order valence-electron chi connectivity index (χ2n) is 5.78. The lowest BCUT2D eigenvalue weighted by Gasteiger charge is -2.15. The molecule has 1 rings (SSSR count). The maximum absolute atomic E-state index is 5.23. The molecule has 4 N–H and O–H groups in total. The van der Waals surface area contributed by atoms with E-state index in [1.54, 1.807) is 0 Å². The summed E-state index contributed by atoms with van der Waals surface area (Å²) in [5, 5.41) is 14.1. The molecule has 0 saturated heterocycles. The Morgan fingerprint density at radius 3 is 1.64 bits per heavy atom. The Balaban J connectivity index is 2.45. The van der Waals surface area contributed by atoms with Gasteiger partial charge in [0.1, 0.15) is 0 Å². The van der Waals surface area contributed by atoms with Crippen molar-refractivity contribution < 1.29 is 0 Å². The van der Waals surface area contributed by atoms with Gasteiger partial charge in [0.05, 0.1) is 0 Å². The molecule has 0 aromatic heterocycles.